The van der Waals surface area contributed by atoms with E-state index in [-0.39, 0.29) is 0 Å². The Balaban J connectivity index is 2.95. The summed E-state index contributed by atoms with van der Waals surface area (Å²) in [6, 6.07) is 4.32. The maximum atomic E-state index is 5.99. The number of rotatable bonds is 5. The summed E-state index contributed by atoms with van der Waals surface area (Å²) >= 11 is 5.99. The Bertz CT molecular complexity index is 337. The van der Waals surface area contributed by atoms with E-state index in [1.54, 1.807) is 0 Å². The SMILES string of the molecule is CCC(CC)N(C)c1ccc(Cl)c(CN)n1. The minimum Gasteiger partial charge on any atom is -0.357 e. The molecule has 1 rings (SSSR count). The van der Waals surface area contributed by atoms with Gasteiger partial charge in [-0.05, 0) is 25.0 Å². The van der Waals surface area contributed by atoms with Crippen LogP contribution < -0.4 is 10.6 Å². The van der Waals surface area contributed by atoms with Crippen molar-refractivity contribution in [3.05, 3.63) is 22.8 Å². The highest BCUT2D eigenvalue weighted by Crippen LogP contribution is 2.21. The molecule has 0 aliphatic rings. The Kier molecular flexibility index (Phi) is 5.03. The molecule has 90 valence electrons. The molecule has 0 amide bonds. The lowest BCUT2D eigenvalue weighted by Gasteiger charge is -2.27. The van der Waals surface area contributed by atoms with E-state index in [1.165, 1.54) is 0 Å². The molecule has 0 radical (unpaired) electrons. The lowest BCUT2D eigenvalue weighted by atomic mass is 10.1. The standard InChI is InChI=1S/C12H20ClN3/c1-4-9(5-2)16(3)12-7-6-10(13)11(8-14)15-12/h6-7,9H,4-5,8,14H2,1-3H3. The zero-order valence-electron chi connectivity index (χ0n) is 10.2. The first-order valence-corrected chi connectivity index (χ1v) is 6.10. The monoisotopic (exact) mass is 241 g/mol. The van der Waals surface area contributed by atoms with Crippen molar-refractivity contribution in [2.75, 3.05) is 11.9 Å². The zero-order valence-corrected chi connectivity index (χ0v) is 11.0. The Morgan fingerprint density at radius 3 is 2.50 bits per heavy atom. The molecule has 0 unspecified atom stereocenters. The van der Waals surface area contributed by atoms with Gasteiger partial charge in [0.15, 0.2) is 0 Å². The summed E-state index contributed by atoms with van der Waals surface area (Å²) in [4.78, 5) is 6.67. The Morgan fingerprint density at radius 2 is 2.00 bits per heavy atom. The molecule has 0 aliphatic heterocycles. The number of anilines is 1. The molecule has 3 nitrogen and oxygen atoms in total. The molecule has 0 bridgehead atoms. The fourth-order valence-corrected chi connectivity index (χ4v) is 2.02. The van der Waals surface area contributed by atoms with Crippen molar-refractivity contribution in [3.63, 3.8) is 0 Å². The van der Waals surface area contributed by atoms with Crippen LogP contribution in [0.5, 0.6) is 0 Å². The van der Waals surface area contributed by atoms with Crippen LogP contribution in [0.1, 0.15) is 32.4 Å². The summed E-state index contributed by atoms with van der Waals surface area (Å²) in [6.07, 6.45) is 2.21. The van der Waals surface area contributed by atoms with Crippen LogP contribution >= 0.6 is 11.6 Å². The summed E-state index contributed by atoms with van der Waals surface area (Å²) < 4.78 is 0. The molecule has 1 aromatic heterocycles. The minimum atomic E-state index is 0.378. The van der Waals surface area contributed by atoms with E-state index in [9.17, 15) is 0 Å². The van der Waals surface area contributed by atoms with Gasteiger partial charge >= 0.3 is 0 Å². The fraction of sp³-hybridized carbons (Fsp3) is 0.583. The summed E-state index contributed by atoms with van der Waals surface area (Å²) in [5.74, 6) is 0.943. The van der Waals surface area contributed by atoms with E-state index >= 15 is 0 Å². The van der Waals surface area contributed by atoms with Crippen molar-refractivity contribution in [3.8, 4) is 0 Å². The first-order chi connectivity index (χ1) is 7.63. The minimum absolute atomic E-state index is 0.378. The third-order valence-electron chi connectivity index (χ3n) is 2.95. The fourth-order valence-electron chi connectivity index (χ4n) is 1.84. The molecule has 1 aromatic rings. The molecule has 0 saturated heterocycles. The molecule has 2 N–H and O–H groups in total. The maximum absolute atomic E-state index is 5.99. The summed E-state index contributed by atoms with van der Waals surface area (Å²) in [6.45, 7) is 4.75. The van der Waals surface area contributed by atoms with Crippen LogP contribution in [0.4, 0.5) is 5.82 Å². The second-order valence-electron chi connectivity index (χ2n) is 3.88. The van der Waals surface area contributed by atoms with E-state index in [2.05, 4.69) is 30.8 Å². The molecular formula is C12H20ClN3. The first kappa shape index (κ1) is 13.3. The molecule has 0 saturated carbocycles. The van der Waals surface area contributed by atoms with E-state index in [4.69, 9.17) is 17.3 Å². The topological polar surface area (TPSA) is 42.1 Å². The smallest absolute Gasteiger partial charge is 0.128 e. The maximum Gasteiger partial charge on any atom is 0.128 e. The van der Waals surface area contributed by atoms with Crippen LogP contribution in [0, 0.1) is 0 Å². The third kappa shape index (κ3) is 2.86. The third-order valence-corrected chi connectivity index (χ3v) is 3.29. The highest BCUT2D eigenvalue weighted by molar-refractivity contribution is 6.31. The molecule has 4 heteroatoms. The number of hydrogen-bond acceptors (Lipinski definition) is 3. The van der Waals surface area contributed by atoms with Crippen LogP contribution in [0.2, 0.25) is 5.02 Å². The van der Waals surface area contributed by atoms with Crippen molar-refractivity contribution < 1.29 is 0 Å². The Labute approximate surface area is 103 Å². The van der Waals surface area contributed by atoms with Crippen molar-refractivity contribution in [1.29, 1.82) is 0 Å². The molecule has 16 heavy (non-hydrogen) atoms. The van der Waals surface area contributed by atoms with Gasteiger partial charge in [0, 0.05) is 19.6 Å². The molecular weight excluding hydrogens is 222 g/mol. The number of nitrogens with zero attached hydrogens (tertiary/aromatic N) is 2. The largest absolute Gasteiger partial charge is 0.357 e. The van der Waals surface area contributed by atoms with Crippen molar-refractivity contribution in [2.45, 2.75) is 39.3 Å². The highest BCUT2D eigenvalue weighted by Gasteiger charge is 2.13. The molecule has 1 heterocycles. The summed E-state index contributed by atoms with van der Waals surface area (Å²) in [5, 5.41) is 0.643. The Hall–Kier alpha value is -0.800. The lowest BCUT2D eigenvalue weighted by molar-refractivity contribution is 0.586. The van der Waals surface area contributed by atoms with Gasteiger partial charge in [0.1, 0.15) is 5.82 Å². The van der Waals surface area contributed by atoms with Gasteiger partial charge in [-0.3, -0.25) is 0 Å². The quantitative estimate of drug-likeness (QED) is 0.862. The second-order valence-corrected chi connectivity index (χ2v) is 4.29. The van der Waals surface area contributed by atoms with Gasteiger partial charge in [-0.15, -0.1) is 0 Å². The van der Waals surface area contributed by atoms with Crippen LogP contribution in [0.3, 0.4) is 0 Å². The number of nitrogens with two attached hydrogens (primary N) is 1. The second kappa shape index (κ2) is 6.06. The van der Waals surface area contributed by atoms with Gasteiger partial charge in [0.25, 0.3) is 0 Å². The average Bonchev–Trinajstić information content (AvgIpc) is 2.31. The number of pyridine rings is 1. The summed E-state index contributed by atoms with van der Waals surface area (Å²) in [5.41, 5.74) is 6.36. The lowest BCUT2D eigenvalue weighted by Crippen LogP contribution is -2.31. The molecule has 0 aromatic carbocycles. The van der Waals surface area contributed by atoms with Crippen LogP contribution in [0.15, 0.2) is 12.1 Å². The van der Waals surface area contributed by atoms with Gasteiger partial charge in [0.2, 0.25) is 0 Å². The van der Waals surface area contributed by atoms with Gasteiger partial charge in [0.05, 0.1) is 10.7 Å². The predicted octanol–water partition coefficient (Wildman–Crippen LogP) is 2.82. The van der Waals surface area contributed by atoms with Gasteiger partial charge in [-0.2, -0.15) is 0 Å². The molecule has 0 aliphatic carbocycles. The van der Waals surface area contributed by atoms with E-state index in [0.29, 0.717) is 17.6 Å². The molecule has 0 spiro atoms. The zero-order chi connectivity index (χ0) is 12.1. The number of hydrogen-bond donors (Lipinski definition) is 1. The average molecular weight is 242 g/mol. The van der Waals surface area contributed by atoms with E-state index < -0.39 is 0 Å². The highest BCUT2D eigenvalue weighted by atomic mass is 35.5. The van der Waals surface area contributed by atoms with E-state index in [0.717, 1.165) is 24.4 Å². The van der Waals surface area contributed by atoms with Crippen LogP contribution in [0.25, 0.3) is 0 Å². The van der Waals surface area contributed by atoms with Gasteiger partial charge in [-0.1, -0.05) is 25.4 Å². The Morgan fingerprint density at radius 1 is 1.38 bits per heavy atom. The van der Waals surface area contributed by atoms with Crippen molar-refractivity contribution in [2.24, 2.45) is 5.73 Å². The number of halogens is 1. The van der Waals surface area contributed by atoms with Gasteiger partial charge < -0.3 is 10.6 Å². The van der Waals surface area contributed by atoms with Gasteiger partial charge in [-0.25, -0.2) is 4.98 Å². The first-order valence-electron chi connectivity index (χ1n) is 5.72. The van der Waals surface area contributed by atoms with Crippen LogP contribution in [-0.4, -0.2) is 18.1 Å². The summed E-state index contributed by atoms with van der Waals surface area (Å²) in [7, 11) is 2.06. The van der Waals surface area contributed by atoms with E-state index in [1.807, 2.05) is 12.1 Å². The van der Waals surface area contributed by atoms with Crippen molar-refractivity contribution >= 4 is 17.4 Å². The van der Waals surface area contributed by atoms with Crippen molar-refractivity contribution in [1.82, 2.24) is 4.98 Å². The molecule has 0 fully saturated rings. The number of aromatic nitrogens is 1. The van der Waals surface area contributed by atoms with Crippen LogP contribution in [-0.2, 0) is 6.54 Å². The normalized spacial score (nSPS) is 10.9. The predicted molar refractivity (Wildman–Crippen MR) is 69.9 cm³/mol. The molecule has 0 atom stereocenters.